The minimum Gasteiger partial charge on any atom is -0.339 e. The second-order valence-corrected chi connectivity index (χ2v) is 5.90. The molecule has 1 aliphatic rings. The summed E-state index contributed by atoms with van der Waals surface area (Å²) in [6.07, 6.45) is 0. The summed E-state index contributed by atoms with van der Waals surface area (Å²) in [5.74, 6) is -0.510. The van der Waals surface area contributed by atoms with Gasteiger partial charge in [0.1, 0.15) is 5.82 Å². The summed E-state index contributed by atoms with van der Waals surface area (Å²) in [5, 5.41) is 0. The quantitative estimate of drug-likeness (QED) is 0.851. The lowest BCUT2D eigenvalue weighted by molar-refractivity contribution is -0.131. The Labute approximate surface area is 140 Å². The van der Waals surface area contributed by atoms with Gasteiger partial charge in [0.25, 0.3) is 5.91 Å². The Bertz CT molecular complexity index is 731. The van der Waals surface area contributed by atoms with Gasteiger partial charge in [-0.1, -0.05) is 30.3 Å². The molecule has 0 unspecified atom stereocenters. The van der Waals surface area contributed by atoms with E-state index in [1.807, 2.05) is 30.3 Å². The molecule has 1 atom stereocenters. The van der Waals surface area contributed by atoms with Crippen molar-refractivity contribution in [3.8, 4) is 0 Å². The van der Waals surface area contributed by atoms with Gasteiger partial charge >= 0.3 is 0 Å². The molecule has 0 aromatic heterocycles. The fraction of sp³-hybridized carbons (Fsp3) is 0.263. The number of hydrogen-bond donors (Lipinski definition) is 0. The van der Waals surface area contributed by atoms with Crippen molar-refractivity contribution in [2.24, 2.45) is 0 Å². The second-order valence-electron chi connectivity index (χ2n) is 5.90. The highest BCUT2D eigenvalue weighted by Gasteiger charge is 2.32. The van der Waals surface area contributed by atoms with Crippen molar-refractivity contribution >= 4 is 11.8 Å². The normalized spacial score (nSPS) is 17.7. The topological polar surface area (TPSA) is 40.6 Å². The summed E-state index contributed by atoms with van der Waals surface area (Å²) in [7, 11) is 0. The molecule has 24 heavy (non-hydrogen) atoms. The zero-order valence-corrected chi connectivity index (χ0v) is 13.5. The molecule has 4 nitrogen and oxygen atoms in total. The second kappa shape index (κ2) is 6.83. The first-order valence-corrected chi connectivity index (χ1v) is 7.93. The molecule has 0 spiro atoms. The zero-order chi connectivity index (χ0) is 17.1. The lowest BCUT2D eigenvalue weighted by Crippen LogP contribution is -2.51. The molecule has 0 saturated carbocycles. The van der Waals surface area contributed by atoms with Crippen molar-refractivity contribution in [2.45, 2.75) is 13.0 Å². The summed E-state index contributed by atoms with van der Waals surface area (Å²) in [4.78, 5) is 28.1. The molecule has 1 heterocycles. The molecular formula is C19H19FN2O2. The average molecular weight is 326 g/mol. The maximum absolute atomic E-state index is 13.1. The van der Waals surface area contributed by atoms with E-state index >= 15 is 0 Å². The van der Waals surface area contributed by atoms with E-state index in [2.05, 4.69) is 0 Å². The van der Waals surface area contributed by atoms with Crippen LogP contribution in [0.25, 0.3) is 0 Å². The summed E-state index contributed by atoms with van der Waals surface area (Å²) in [6, 6.07) is 15.0. The van der Waals surface area contributed by atoms with Gasteiger partial charge in [-0.15, -0.1) is 0 Å². The molecule has 2 amide bonds. The van der Waals surface area contributed by atoms with Crippen molar-refractivity contribution in [1.29, 1.82) is 0 Å². The molecule has 0 N–H and O–H groups in total. The number of nitrogens with zero attached hydrogens (tertiary/aromatic N) is 2. The van der Waals surface area contributed by atoms with Gasteiger partial charge in [-0.05, 0) is 29.8 Å². The van der Waals surface area contributed by atoms with E-state index in [4.69, 9.17) is 0 Å². The molecule has 0 bridgehead atoms. The predicted octanol–water partition coefficient (Wildman–Crippen LogP) is 2.87. The molecule has 0 radical (unpaired) electrons. The van der Waals surface area contributed by atoms with E-state index in [0.717, 1.165) is 5.56 Å². The van der Waals surface area contributed by atoms with Crippen LogP contribution in [0.4, 0.5) is 4.39 Å². The van der Waals surface area contributed by atoms with E-state index < -0.39 is 0 Å². The molecule has 0 aliphatic carbocycles. The number of amides is 2. The van der Waals surface area contributed by atoms with E-state index in [9.17, 15) is 14.0 Å². The van der Waals surface area contributed by atoms with E-state index in [1.54, 1.807) is 16.7 Å². The van der Waals surface area contributed by atoms with Crippen LogP contribution < -0.4 is 0 Å². The van der Waals surface area contributed by atoms with Crippen LogP contribution in [0.3, 0.4) is 0 Å². The maximum atomic E-state index is 13.1. The first-order chi connectivity index (χ1) is 11.6. The van der Waals surface area contributed by atoms with E-state index in [-0.39, 0.29) is 23.7 Å². The highest BCUT2D eigenvalue weighted by Crippen LogP contribution is 2.27. The maximum Gasteiger partial charge on any atom is 0.254 e. The van der Waals surface area contributed by atoms with Crippen LogP contribution in [0.15, 0.2) is 54.6 Å². The van der Waals surface area contributed by atoms with Crippen LogP contribution in [0.5, 0.6) is 0 Å². The number of halogens is 1. The molecule has 1 saturated heterocycles. The van der Waals surface area contributed by atoms with Crippen LogP contribution in [0, 0.1) is 5.82 Å². The van der Waals surface area contributed by atoms with E-state index in [1.165, 1.54) is 24.3 Å². The lowest BCUT2D eigenvalue weighted by atomic mass is 10.0. The van der Waals surface area contributed by atoms with Crippen LogP contribution in [0.2, 0.25) is 0 Å². The first kappa shape index (κ1) is 16.2. The molecule has 5 heteroatoms. The van der Waals surface area contributed by atoms with Gasteiger partial charge in [0.15, 0.2) is 0 Å². The minimum absolute atomic E-state index is 0.00446. The van der Waals surface area contributed by atoms with Crippen molar-refractivity contribution in [3.05, 3.63) is 71.5 Å². The zero-order valence-electron chi connectivity index (χ0n) is 13.5. The Morgan fingerprint density at radius 3 is 2.29 bits per heavy atom. The third-order valence-corrected chi connectivity index (χ3v) is 4.36. The number of carbonyl (C=O) groups is 2. The number of rotatable bonds is 2. The minimum atomic E-state index is -0.368. The smallest absolute Gasteiger partial charge is 0.254 e. The summed E-state index contributed by atoms with van der Waals surface area (Å²) in [5.41, 5.74) is 1.44. The highest BCUT2D eigenvalue weighted by molar-refractivity contribution is 5.94. The summed E-state index contributed by atoms with van der Waals surface area (Å²) >= 11 is 0. The summed E-state index contributed by atoms with van der Waals surface area (Å²) in [6.45, 7) is 2.97. The summed E-state index contributed by atoms with van der Waals surface area (Å²) < 4.78 is 13.1. The number of benzene rings is 2. The monoisotopic (exact) mass is 326 g/mol. The Morgan fingerprint density at radius 1 is 1.00 bits per heavy atom. The van der Waals surface area contributed by atoms with Crippen LogP contribution in [-0.4, -0.2) is 41.2 Å². The standard InChI is InChI=1S/C19H19FN2O2/c1-14(23)21-11-12-22(18(13-21)15-5-3-2-4-6-15)19(24)16-7-9-17(20)10-8-16/h2-10,18H,11-13H2,1H3/t18-/m0/s1. The van der Waals surface area contributed by atoms with Crippen LogP contribution >= 0.6 is 0 Å². The molecule has 1 fully saturated rings. The fourth-order valence-electron chi connectivity index (χ4n) is 3.03. The Morgan fingerprint density at radius 2 is 1.67 bits per heavy atom. The molecule has 3 rings (SSSR count). The highest BCUT2D eigenvalue weighted by atomic mass is 19.1. The van der Waals surface area contributed by atoms with Gasteiger partial charge in [-0.25, -0.2) is 4.39 Å². The van der Waals surface area contributed by atoms with Crippen molar-refractivity contribution in [2.75, 3.05) is 19.6 Å². The third kappa shape index (κ3) is 3.30. The first-order valence-electron chi connectivity index (χ1n) is 7.93. The fourth-order valence-corrected chi connectivity index (χ4v) is 3.03. The molecule has 2 aromatic rings. The molecular weight excluding hydrogens is 307 g/mol. The lowest BCUT2D eigenvalue weighted by Gasteiger charge is -2.41. The van der Waals surface area contributed by atoms with Crippen LogP contribution in [-0.2, 0) is 4.79 Å². The van der Waals surface area contributed by atoms with Gasteiger partial charge in [0.2, 0.25) is 5.91 Å². The average Bonchev–Trinajstić information content (AvgIpc) is 2.62. The number of carbonyl (C=O) groups excluding carboxylic acids is 2. The van der Waals surface area contributed by atoms with Gasteiger partial charge in [-0.3, -0.25) is 9.59 Å². The van der Waals surface area contributed by atoms with Gasteiger partial charge in [0, 0.05) is 32.1 Å². The molecule has 124 valence electrons. The largest absolute Gasteiger partial charge is 0.339 e. The predicted molar refractivity (Wildman–Crippen MR) is 88.9 cm³/mol. The van der Waals surface area contributed by atoms with Crippen molar-refractivity contribution in [3.63, 3.8) is 0 Å². The molecule has 2 aromatic carbocycles. The Balaban J connectivity index is 1.90. The SMILES string of the molecule is CC(=O)N1CCN(C(=O)c2ccc(F)cc2)[C@H](c2ccccc2)C1. The third-order valence-electron chi connectivity index (χ3n) is 4.36. The van der Waals surface area contributed by atoms with E-state index in [0.29, 0.717) is 25.2 Å². The van der Waals surface area contributed by atoms with Gasteiger partial charge in [-0.2, -0.15) is 0 Å². The van der Waals surface area contributed by atoms with Crippen molar-refractivity contribution < 1.29 is 14.0 Å². The Hall–Kier alpha value is -2.69. The van der Waals surface area contributed by atoms with Gasteiger partial charge < -0.3 is 9.80 Å². The van der Waals surface area contributed by atoms with Crippen molar-refractivity contribution in [1.82, 2.24) is 9.80 Å². The van der Waals surface area contributed by atoms with Crippen LogP contribution in [0.1, 0.15) is 28.9 Å². The Kier molecular flexibility index (Phi) is 4.60. The number of hydrogen-bond acceptors (Lipinski definition) is 2. The van der Waals surface area contributed by atoms with Gasteiger partial charge in [0.05, 0.1) is 6.04 Å². The molecule has 1 aliphatic heterocycles. The number of piperazine rings is 1.